The van der Waals surface area contributed by atoms with Crippen molar-refractivity contribution in [1.29, 1.82) is 0 Å². The molecule has 4 nitrogen and oxygen atoms in total. The number of halogens is 1. The van der Waals surface area contributed by atoms with Crippen molar-refractivity contribution in [2.24, 2.45) is 0 Å². The van der Waals surface area contributed by atoms with E-state index in [4.69, 9.17) is 11.6 Å². The summed E-state index contributed by atoms with van der Waals surface area (Å²) in [5.41, 5.74) is 1.53. The molecule has 2 heterocycles. The molecule has 0 N–H and O–H groups in total. The Morgan fingerprint density at radius 2 is 1.78 bits per heavy atom. The number of thiazole rings is 1. The fourth-order valence-electron chi connectivity index (χ4n) is 2.29. The summed E-state index contributed by atoms with van der Waals surface area (Å²) in [6.07, 6.45) is 1.85. The Kier molecular flexibility index (Phi) is 3.44. The van der Waals surface area contributed by atoms with Gasteiger partial charge in [-0.3, -0.25) is 4.79 Å². The van der Waals surface area contributed by atoms with Gasteiger partial charge in [-0.05, 0) is 23.8 Å². The summed E-state index contributed by atoms with van der Waals surface area (Å²) in [4.78, 5) is 17.5. The molecule has 0 aliphatic rings. The maximum absolute atomic E-state index is 12.5. The first-order valence-electron chi connectivity index (χ1n) is 6.93. The van der Waals surface area contributed by atoms with Gasteiger partial charge < -0.3 is 0 Å². The van der Waals surface area contributed by atoms with Crippen LogP contribution in [-0.2, 0) is 0 Å². The van der Waals surface area contributed by atoms with Crippen LogP contribution in [0.15, 0.2) is 59.4 Å². The van der Waals surface area contributed by atoms with Crippen molar-refractivity contribution < 1.29 is 0 Å². The molecule has 6 heteroatoms. The van der Waals surface area contributed by atoms with Gasteiger partial charge in [0.1, 0.15) is 0 Å². The average molecular weight is 340 g/mol. The predicted octanol–water partition coefficient (Wildman–Crippen LogP) is 3.02. The molecule has 112 valence electrons. The lowest BCUT2D eigenvalue weighted by Crippen LogP contribution is -2.23. The van der Waals surface area contributed by atoms with Gasteiger partial charge >= 0.3 is 0 Å². The Labute approximate surface area is 140 Å². The maximum Gasteiger partial charge on any atom is 0.291 e. The van der Waals surface area contributed by atoms with E-state index in [0.717, 1.165) is 11.1 Å². The summed E-state index contributed by atoms with van der Waals surface area (Å²) in [5.74, 6) is 0.463. The topological polar surface area (TPSA) is 47.3 Å². The first-order valence-corrected chi connectivity index (χ1v) is 8.13. The van der Waals surface area contributed by atoms with Crippen LogP contribution in [0.2, 0.25) is 5.02 Å². The van der Waals surface area contributed by atoms with Crippen molar-refractivity contribution >= 4 is 34.0 Å². The third-order valence-corrected chi connectivity index (χ3v) is 4.68. The summed E-state index contributed by atoms with van der Waals surface area (Å²) in [6.45, 7) is 0. The molecule has 0 bridgehead atoms. The highest BCUT2D eigenvalue weighted by Crippen LogP contribution is 2.25. The molecular formula is C17H10ClN3OS. The van der Waals surface area contributed by atoms with E-state index in [-0.39, 0.29) is 5.56 Å². The number of hydrogen-bond acceptors (Lipinski definition) is 4. The molecule has 0 aliphatic carbocycles. The van der Waals surface area contributed by atoms with E-state index in [0.29, 0.717) is 20.3 Å². The molecule has 0 spiro atoms. The minimum absolute atomic E-state index is 0.167. The van der Waals surface area contributed by atoms with E-state index < -0.39 is 0 Å². The van der Waals surface area contributed by atoms with Gasteiger partial charge in [0, 0.05) is 5.56 Å². The van der Waals surface area contributed by atoms with Crippen LogP contribution in [-0.4, -0.2) is 14.6 Å². The molecule has 0 saturated carbocycles. The summed E-state index contributed by atoms with van der Waals surface area (Å²) < 4.78 is 1.94. The highest BCUT2D eigenvalue weighted by Gasteiger charge is 2.13. The standard InChI is InChI=1S/C17H10ClN3OS/c18-13-9-5-4-8-12(13)15-19-17-21(20-15)16(22)14(23-17)10-11-6-2-1-3-7-11/h1-10H/b14-10+. The summed E-state index contributed by atoms with van der Waals surface area (Å²) in [7, 11) is 0. The van der Waals surface area contributed by atoms with Crippen molar-refractivity contribution in [2.45, 2.75) is 0 Å². The van der Waals surface area contributed by atoms with Gasteiger partial charge in [-0.15, -0.1) is 5.10 Å². The number of aromatic nitrogens is 3. The van der Waals surface area contributed by atoms with Crippen LogP contribution in [0.25, 0.3) is 22.4 Å². The monoisotopic (exact) mass is 339 g/mol. The van der Waals surface area contributed by atoms with E-state index >= 15 is 0 Å². The summed E-state index contributed by atoms with van der Waals surface area (Å²) in [6, 6.07) is 17.0. The molecule has 23 heavy (non-hydrogen) atoms. The number of fused-ring (bicyclic) bond motifs is 1. The molecular weight excluding hydrogens is 330 g/mol. The molecule has 2 aromatic carbocycles. The molecule has 0 atom stereocenters. The second kappa shape index (κ2) is 5.61. The van der Waals surface area contributed by atoms with Crippen LogP contribution in [0.1, 0.15) is 5.56 Å². The Bertz CT molecular complexity index is 1100. The summed E-state index contributed by atoms with van der Waals surface area (Å²) in [5, 5.41) is 4.87. The minimum Gasteiger partial charge on any atom is -0.266 e. The third-order valence-electron chi connectivity index (χ3n) is 3.39. The number of nitrogens with zero attached hydrogens (tertiary/aromatic N) is 3. The largest absolute Gasteiger partial charge is 0.291 e. The number of benzene rings is 2. The maximum atomic E-state index is 12.5. The molecule has 2 aromatic heterocycles. The lowest BCUT2D eigenvalue weighted by molar-refractivity contribution is 0.937. The lowest BCUT2D eigenvalue weighted by atomic mass is 10.2. The zero-order chi connectivity index (χ0) is 15.8. The lowest BCUT2D eigenvalue weighted by Gasteiger charge is -1.96. The van der Waals surface area contributed by atoms with Crippen LogP contribution < -0.4 is 10.1 Å². The van der Waals surface area contributed by atoms with Crippen molar-refractivity contribution in [3.63, 3.8) is 0 Å². The van der Waals surface area contributed by atoms with Crippen molar-refractivity contribution in [2.75, 3.05) is 0 Å². The Hall–Kier alpha value is -2.50. The van der Waals surface area contributed by atoms with E-state index in [1.54, 1.807) is 6.07 Å². The van der Waals surface area contributed by atoms with E-state index in [9.17, 15) is 4.79 Å². The third kappa shape index (κ3) is 2.54. The van der Waals surface area contributed by atoms with Gasteiger partial charge in [0.2, 0.25) is 4.96 Å². The first kappa shape index (κ1) is 14.1. The molecule has 0 fully saturated rings. The van der Waals surface area contributed by atoms with E-state index in [2.05, 4.69) is 10.1 Å². The molecule has 4 rings (SSSR count). The SMILES string of the molecule is O=c1/c(=C\c2ccccc2)sc2nc(-c3ccccc3Cl)nn12. The normalized spacial score (nSPS) is 12.1. The second-order valence-electron chi connectivity index (χ2n) is 4.94. The first-order chi connectivity index (χ1) is 11.2. The van der Waals surface area contributed by atoms with Crippen LogP contribution in [0.4, 0.5) is 0 Å². The highest BCUT2D eigenvalue weighted by molar-refractivity contribution is 7.15. The predicted molar refractivity (Wildman–Crippen MR) is 92.8 cm³/mol. The fraction of sp³-hybridized carbons (Fsp3) is 0. The molecule has 0 radical (unpaired) electrons. The zero-order valence-corrected chi connectivity index (χ0v) is 13.4. The average Bonchev–Trinajstić information content (AvgIpc) is 3.09. The molecule has 0 aliphatic heterocycles. The molecule has 4 aromatic rings. The van der Waals surface area contributed by atoms with Gasteiger partial charge in [-0.25, -0.2) is 0 Å². The zero-order valence-electron chi connectivity index (χ0n) is 11.8. The van der Waals surface area contributed by atoms with Gasteiger partial charge in [0.15, 0.2) is 5.82 Å². The Balaban J connectivity index is 1.86. The van der Waals surface area contributed by atoms with Crippen LogP contribution in [0.5, 0.6) is 0 Å². The van der Waals surface area contributed by atoms with E-state index in [1.807, 2.05) is 54.6 Å². The molecule has 0 saturated heterocycles. The van der Waals surface area contributed by atoms with Gasteiger partial charge in [0.05, 0.1) is 9.55 Å². The van der Waals surface area contributed by atoms with E-state index in [1.165, 1.54) is 15.9 Å². The second-order valence-corrected chi connectivity index (χ2v) is 6.35. The van der Waals surface area contributed by atoms with Crippen molar-refractivity contribution in [3.05, 3.63) is 80.1 Å². The smallest absolute Gasteiger partial charge is 0.266 e. The Morgan fingerprint density at radius 1 is 1.04 bits per heavy atom. The fourth-order valence-corrected chi connectivity index (χ4v) is 3.42. The van der Waals surface area contributed by atoms with Crippen molar-refractivity contribution in [1.82, 2.24) is 14.6 Å². The quantitative estimate of drug-likeness (QED) is 0.564. The minimum atomic E-state index is -0.167. The van der Waals surface area contributed by atoms with Gasteiger partial charge in [-0.1, -0.05) is 65.4 Å². The molecule has 0 amide bonds. The number of rotatable bonds is 2. The van der Waals surface area contributed by atoms with Crippen LogP contribution >= 0.6 is 22.9 Å². The highest BCUT2D eigenvalue weighted by atomic mass is 35.5. The van der Waals surface area contributed by atoms with Crippen LogP contribution in [0.3, 0.4) is 0 Å². The Morgan fingerprint density at radius 3 is 2.52 bits per heavy atom. The van der Waals surface area contributed by atoms with Gasteiger partial charge in [0.25, 0.3) is 5.56 Å². The van der Waals surface area contributed by atoms with Crippen LogP contribution in [0, 0.1) is 0 Å². The van der Waals surface area contributed by atoms with Gasteiger partial charge in [-0.2, -0.15) is 9.50 Å². The number of hydrogen-bond donors (Lipinski definition) is 0. The molecule has 0 unspecified atom stereocenters. The van der Waals surface area contributed by atoms with Crippen molar-refractivity contribution in [3.8, 4) is 11.4 Å². The summed E-state index contributed by atoms with van der Waals surface area (Å²) >= 11 is 7.48.